The number of hydrogen-bond acceptors (Lipinski definition) is 2. The number of amides is 2. The van der Waals surface area contributed by atoms with Crippen LogP contribution < -0.4 is 5.32 Å². The molecule has 0 bridgehead atoms. The maximum atomic E-state index is 12.6. The Morgan fingerprint density at radius 3 is 2.45 bits per heavy atom. The summed E-state index contributed by atoms with van der Waals surface area (Å²) in [5.74, 6) is -0.0967. The highest BCUT2D eigenvalue weighted by atomic mass is 16.2. The largest absolute Gasteiger partial charge is 0.340 e. The van der Waals surface area contributed by atoms with E-state index in [-0.39, 0.29) is 24.4 Å². The monoisotopic (exact) mass is 274 g/mol. The lowest BCUT2D eigenvalue weighted by Gasteiger charge is -2.42. The van der Waals surface area contributed by atoms with Crippen LogP contribution in [-0.2, 0) is 9.59 Å². The average Bonchev–Trinajstić information content (AvgIpc) is 2.43. The fourth-order valence-corrected chi connectivity index (χ4v) is 2.52. The van der Waals surface area contributed by atoms with Gasteiger partial charge in [0.1, 0.15) is 12.1 Å². The summed E-state index contributed by atoms with van der Waals surface area (Å²) in [6.45, 7) is 7.84. The molecule has 4 nitrogen and oxygen atoms in total. The first-order chi connectivity index (χ1) is 9.37. The van der Waals surface area contributed by atoms with Crippen LogP contribution >= 0.6 is 0 Å². The molecule has 1 fully saturated rings. The number of hydrogen-bond donors (Lipinski definition) is 1. The van der Waals surface area contributed by atoms with Gasteiger partial charge in [0.05, 0.1) is 6.04 Å². The van der Waals surface area contributed by atoms with E-state index in [2.05, 4.69) is 5.32 Å². The number of piperazine rings is 1. The fraction of sp³-hybridized carbons (Fsp3) is 0.500. The maximum absolute atomic E-state index is 12.6. The van der Waals surface area contributed by atoms with Crippen LogP contribution in [0.25, 0.3) is 0 Å². The lowest BCUT2D eigenvalue weighted by molar-refractivity contribution is -0.151. The van der Waals surface area contributed by atoms with Gasteiger partial charge in [-0.3, -0.25) is 9.59 Å². The zero-order valence-electron chi connectivity index (χ0n) is 12.6. The molecule has 108 valence electrons. The summed E-state index contributed by atoms with van der Waals surface area (Å²) in [5, 5.41) is 2.81. The van der Waals surface area contributed by atoms with Crippen LogP contribution in [0.5, 0.6) is 0 Å². The van der Waals surface area contributed by atoms with Gasteiger partial charge in [-0.05, 0) is 32.8 Å². The van der Waals surface area contributed by atoms with E-state index in [0.717, 1.165) is 5.56 Å². The van der Waals surface area contributed by atoms with Gasteiger partial charge in [0, 0.05) is 0 Å². The van der Waals surface area contributed by atoms with Crippen LogP contribution in [0, 0.1) is 6.92 Å². The Morgan fingerprint density at radius 2 is 1.90 bits per heavy atom. The minimum absolute atomic E-state index is 0.00678. The molecule has 1 heterocycles. The zero-order chi connectivity index (χ0) is 14.9. The standard InChI is InChI=1S/C16H22N2O2/c1-5-16(4)15(20)18(10-14(19)17-16)12(3)13-8-6-11(2)7-9-13/h6-9,12H,5,10H2,1-4H3,(H,17,19). The second-order valence-corrected chi connectivity index (χ2v) is 5.75. The van der Waals surface area contributed by atoms with Crippen molar-refractivity contribution in [2.45, 2.75) is 45.7 Å². The molecule has 1 aliphatic rings. The van der Waals surface area contributed by atoms with Crippen LogP contribution in [0.4, 0.5) is 0 Å². The molecule has 0 aromatic heterocycles. The van der Waals surface area contributed by atoms with Crippen molar-refractivity contribution in [2.75, 3.05) is 6.54 Å². The summed E-state index contributed by atoms with van der Waals surface area (Å²) < 4.78 is 0. The van der Waals surface area contributed by atoms with Crippen LogP contribution in [0.2, 0.25) is 0 Å². The number of nitrogens with one attached hydrogen (secondary N) is 1. The van der Waals surface area contributed by atoms with Gasteiger partial charge in [-0.25, -0.2) is 0 Å². The van der Waals surface area contributed by atoms with E-state index in [9.17, 15) is 9.59 Å². The zero-order valence-corrected chi connectivity index (χ0v) is 12.6. The molecular formula is C16H22N2O2. The van der Waals surface area contributed by atoms with Gasteiger partial charge >= 0.3 is 0 Å². The van der Waals surface area contributed by atoms with E-state index in [1.807, 2.05) is 45.0 Å². The Bertz CT molecular complexity index is 524. The van der Waals surface area contributed by atoms with Gasteiger partial charge in [-0.2, -0.15) is 0 Å². The molecule has 1 aliphatic heterocycles. The molecule has 2 rings (SSSR count). The molecule has 1 saturated heterocycles. The number of aryl methyl sites for hydroxylation is 1. The topological polar surface area (TPSA) is 49.4 Å². The van der Waals surface area contributed by atoms with Crippen molar-refractivity contribution in [3.05, 3.63) is 35.4 Å². The van der Waals surface area contributed by atoms with Crippen LogP contribution in [0.3, 0.4) is 0 Å². The lowest BCUT2D eigenvalue weighted by atomic mass is 9.92. The minimum Gasteiger partial charge on any atom is -0.340 e. The molecule has 4 heteroatoms. The van der Waals surface area contributed by atoms with Crippen molar-refractivity contribution in [2.24, 2.45) is 0 Å². The van der Waals surface area contributed by atoms with Gasteiger partial charge in [0.2, 0.25) is 11.8 Å². The number of carbonyl (C=O) groups is 2. The fourth-order valence-electron chi connectivity index (χ4n) is 2.52. The summed E-state index contributed by atoms with van der Waals surface area (Å²) in [5.41, 5.74) is 1.45. The average molecular weight is 274 g/mol. The van der Waals surface area contributed by atoms with E-state index in [1.54, 1.807) is 11.8 Å². The highest BCUT2D eigenvalue weighted by Crippen LogP contribution is 2.27. The summed E-state index contributed by atoms with van der Waals surface area (Å²) in [4.78, 5) is 26.2. The van der Waals surface area contributed by atoms with E-state index in [4.69, 9.17) is 0 Å². The highest BCUT2D eigenvalue weighted by molar-refractivity contribution is 5.97. The minimum atomic E-state index is -0.783. The van der Waals surface area contributed by atoms with Crippen molar-refractivity contribution in [1.82, 2.24) is 10.2 Å². The first-order valence-corrected chi connectivity index (χ1v) is 7.06. The summed E-state index contributed by atoms with van der Waals surface area (Å²) in [6, 6.07) is 7.99. The Balaban J connectivity index is 2.28. The van der Waals surface area contributed by atoms with Crippen LogP contribution in [-0.4, -0.2) is 28.8 Å². The molecule has 1 aromatic rings. The van der Waals surface area contributed by atoms with Gasteiger partial charge in [-0.15, -0.1) is 0 Å². The summed E-state index contributed by atoms with van der Waals surface area (Å²) in [6.07, 6.45) is 0.592. The van der Waals surface area contributed by atoms with E-state index < -0.39 is 5.54 Å². The maximum Gasteiger partial charge on any atom is 0.248 e. The Hall–Kier alpha value is -1.84. The summed E-state index contributed by atoms with van der Waals surface area (Å²) in [7, 11) is 0. The van der Waals surface area contributed by atoms with Crippen molar-refractivity contribution in [3.8, 4) is 0 Å². The van der Waals surface area contributed by atoms with Gasteiger partial charge < -0.3 is 10.2 Å². The number of rotatable bonds is 3. The second kappa shape index (κ2) is 5.27. The van der Waals surface area contributed by atoms with Gasteiger partial charge in [0.15, 0.2) is 0 Å². The Morgan fingerprint density at radius 1 is 1.30 bits per heavy atom. The normalized spacial score (nSPS) is 24.5. The van der Waals surface area contributed by atoms with E-state index >= 15 is 0 Å². The SMILES string of the molecule is CCC1(C)NC(=O)CN(C(C)c2ccc(C)cc2)C1=O. The molecule has 20 heavy (non-hydrogen) atoms. The number of nitrogens with zero attached hydrogens (tertiary/aromatic N) is 1. The van der Waals surface area contributed by atoms with Crippen molar-refractivity contribution >= 4 is 11.8 Å². The Kier molecular flexibility index (Phi) is 3.84. The van der Waals surface area contributed by atoms with Crippen LogP contribution in [0.15, 0.2) is 24.3 Å². The van der Waals surface area contributed by atoms with Crippen molar-refractivity contribution in [3.63, 3.8) is 0 Å². The highest BCUT2D eigenvalue weighted by Gasteiger charge is 2.43. The van der Waals surface area contributed by atoms with Gasteiger partial charge in [-0.1, -0.05) is 36.8 Å². The predicted octanol–water partition coefficient (Wildman–Crippen LogP) is 2.18. The van der Waals surface area contributed by atoms with Crippen LogP contribution in [0.1, 0.15) is 44.4 Å². The molecular weight excluding hydrogens is 252 g/mol. The molecule has 1 N–H and O–H groups in total. The van der Waals surface area contributed by atoms with Gasteiger partial charge in [0.25, 0.3) is 0 Å². The Labute approximate surface area is 120 Å². The molecule has 2 unspecified atom stereocenters. The first kappa shape index (κ1) is 14.6. The quantitative estimate of drug-likeness (QED) is 0.918. The second-order valence-electron chi connectivity index (χ2n) is 5.75. The molecule has 2 amide bonds. The third kappa shape index (κ3) is 2.55. The molecule has 0 aliphatic carbocycles. The first-order valence-electron chi connectivity index (χ1n) is 7.06. The predicted molar refractivity (Wildman–Crippen MR) is 78.1 cm³/mol. The molecule has 0 spiro atoms. The third-order valence-electron chi connectivity index (χ3n) is 4.20. The lowest BCUT2D eigenvalue weighted by Crippen LogP contribution is -2.65. The number of benzene rings is 1. The summed E-state index contributed by atoms with van der Waals surface area (Å²) >= 11 is 0. The van der Waals surface area contributed by atoms with E-state index in [1.165, 1.54) is 5.56 Å². The van der Waals surface area contributed by atoms with Crippen molar-refractivity contribution < 1.29 is 9.59 Å². The smallest absolute Gasteiger partial charge is 0.248 e. The molecule has 0 saturated carbocycles. The molecule has 1 aromatic carbocycles. The number of carbonyl (C=O) groups excluding carboxylic acids is 2. The molecule has 0 radical (unpaired) electrons. The van der Waals surface area contributed by atoms with Crippen molar-refractivity contribution in [1.29, 1.82) is 0 Å². The third-order valence-corrected chi connectivity index (χ3v) is 4.20. The molecule has 2 atom stereocenters. The van der Waals surface area contributed by atoms with E-state index in [0.29, 0.717) is 6.42 Å².